The zero-order chi connectivity index (χ0) is 19.7. The normalized spacial score (nSPS) is 17.3. The molecule has 1 heterocycles. The summed E-state index contributed by atoms with van der Waals surface area (Å²) < 4.78 is 5.44. The van der Waals surface area contributed by atoms with Gasteiger partial charge in [-0.05, 0) is 46.6 Å². The van der Waals surface area contributed by atoms with E-state index in [1.807, 2.05) is 20.8 Å². The van der Waals surface area contributed by atoms with Crippen molar-refractivity contribution in [3.63, 3.8) is 0 Å². The summed E-state index contributed by atoms with van der Waals surface area (Å²) in [5, 5.41) is 6.78. The fraction of sp³-hybridized carbons (Fsp3) is 0.895. The molecule has 0 spiro atoms. The van der Waals surface area contributed by atoms with Gasteiger partial charge in [0.25, 0.3) is 0 Å². The summed E-state index contributed by atoms with van der Waals surface area (Å²) in [7, 11) is 1.80. The van der Waals surface area contributed by atoms with Gasteiger partial charge in [0.05, 0.1) is 0 Å². The lowest BCUT2D eigenvalue weighted by Gasteiger charge is -2.35. The molecule has 7 nitrogen and oxygen atoms in total. The Kier molecular flexibility index (Phi) is 12.3. The highest BCUT2D eigenvalue weighted by atomic mass is 127. The number of piperazine rings is 1. The Morgan fingerprint density at radius 3 is 2.22 bits per heavy atom. The smallest absolute Gasteiger partial charge is 0.410 e. The number of nitrogens with zero attached hydrogens (tertiary/aromatic N) is 3. The van der Waals surface area contributed by atoms with Gasteiger partial charge in [-0.1, -0.05) is 13.8 Å². The van der Waals surface area contributed by atoms with Gasteiger partial charge in [0.2, 0.25) is 0 Å². The van der Waals surface area contributed by atoms with Gasteiger partial charge in [-0.3, -0.25) is 9.89 Å². The number of rotatable bonds is 6. The number of nitrogens with one attached hydrogen (secondary N) is 2. The highest BCUT2D eigenvalue weighted by Crippen LogP contribution is 2.11. The van der Waals surface area contributed by atoms with Crippen molar-refractivity contribution in [2.75, 3.05) is 46.3 Å². The fourth-order valence-corrected chi connectivity index (χ4v) is 2.57. The third kappa shape index (κ3) is 11.0. The molecule has 0 aromatic rings. The first-order chi connectivity index (χ1) is 12.1. The maximum absolute atomic E-state index is 12.1. The molecule has 1 atom stereocenters. The first kappa shape index (κ1) is 26.2. The van der Waals surface area contributed by atoms with E-state index >= 15 is 0 Å². The highest BCUT2D eigenvalue weighted by Gasteiger charge is 2.25. The summed E-state index contributed by atoms with van der Waals surface area (Å²) in [6.07, 6.45) is 0.844. The fourth-order valence-electron chi connectivity index (χ4n) is 2.57. The molecular weight excluding hydrogens is 457 g/mol. The monoisotopic (exact) mass is 497 g/mol. The van der Waals surface area contributed by atoms with Crippen molar-refractivity contribution in [1.82, 2.24) is 20.4 Å². The Labute approximate surface area is 182 Å². The van der Waals surface area contributed by atoms with Crippen LogP contribution in [0.5, 0.6) is 0 Å². The molecule has 8 heteroatoms. The van der Waals surface area contributed by atoms with Crippen molar-refractivity contribution in [3.05, 3.63) is 0 Å². The van der Waals surface area contributed by atoms with Gasteiger partial charge < -0.3 is 20.3 Å². The molecule has 27 heavy (non-hydrogen) atoms. The molecule has 160 valence electrons. The summed E-state index contributed by atoms with van der Waals surface area (Å²) in [5.41, 5.74) is -0.431. The van der Waals surface area contributed by atoms with E-state index in [2.05, 4.69) is 41.3 Å². The highest BCUT2D eigenvalue weighted by molar-refractivity contribution is 14.0. The van der Waals surface area contributed by atoms with E-state index in [4.69, 9.17) is 4.74 Å². The number of amides is 1. The van der Waals surface area contributed by atoms with Crippen molar-refractivity contribution in [2.45, 2.75) is 59.6 Å². The van der Waals surface area contributed by atoms with Crippen LogP contribution in [0, 0.1) is 5.92 Å². The molecule has 2 N–H and O–H groups in total. The van der Waals surface area contributed by atoms with E-state index in [0.717, 1.165) is 51.6 Å². The van der Waals surface area contributed by atoms with Gasteiger partial charge in [0.15, 0.2) is 5.96 Å². The number of carbonyl (C=O) groups is 1. The predicted octanol–water partition coefficient (Wildman–Crippen LogP) is 2.76. The quantitative estimate of drug-likeness (QED) is 0.256. The maximum Gasteiger partial charge on any atom is 0.410 e. The van der Waals surface area contributed by atoms with Crippen molar-refractivity contribution in [2.24, 2.45) is 10.9 Å². The number of ether oxygens (including phenoxy) is 1. The first-order valence-electron chi connectivity index (χ1n) is 9.80. The van der Waals surface area contributed by atoms with Crippen molar-refractivity contribution in [1.29, 1.82) is 0 Å². The molecule has 0 aliphatic carbocycles. The van der Waals surface area contributed by atoms with Crippen LogP contribution in [-0.2, 0) is 4.74 Å². The lowest BCUT2D eigenvalue weighted by Crippen LogP contribution is -2.50. The second-order valence-electron chi connectivity index (χ2n) is 8.34. The molecule has 1 aliphatic rings. The average Bonchev–Trinajstić information content (AvgIpc) is 2.56. The molecule has 0 aromatic carbocycles. The van der Waals surface area contributed by atoms with E-state index in [-0.39, 0.29) is 30.1 Å². The van der Waals surface area contributed by atoms with E-state index in [1.54, 1.807) is 11.9 Å². The minimum Gasteiger partial charge on any atom is -0.444 e. The van der Waals surface area contributed by atoms with Crippen LogP contribution in [0.2, 0.25) is 0 Å². The van der Waals surface area contributed by atoms with Crippen LogP contribution in [0.4, 0.5) is 4.79 Å². The Morgan fingerprint density at radius 2 is 1.74 bits per heavy atom. The number of guanidine groups is 1. The molecular formula is C19H40IN5O2. The van der Waals surface area contributed by atoms with Crippen LogP contribution < -0.4 is 10.6 Å². The second kappa shape index (κ2) is 12.6. The predicted molar refractivity (Wildman–Crippen MR) is 123 cm³/mol. The molecule has 0 aromatic heterocycles. The maximum atomic E-state index is 12.1. The van der Waals surface area contributed by atoms with Crippen LogP contribution in [0.1, 0.15) is 48.0 Å². The Bertz CT molecular complexity index is 458. The molecule has 0 saturated carbocycles. The van der Waals surface area contributed by atoms with Crippen LogP contribution in [0.25, 0.3) is 0 Å². The van der Waals surface area contributed by atoms with Crippen molar-refractivity contribution < 1.29 is 9.53 Å². The summed E-state index contributed by atoms with van der Waals surface area (Å²) in [6.45, 7) is 17.4. The summed E-state index contributed by atoms with van der Waals surface area (Å²) in [4.78, 5) is 20.6. The second-order valence-corrected chi connectivity index (χ2v) is 8.34. The third-order valence-corrected chi connectivity index (χ3v) is 4.56. The molecule has 1 saturated heterocycles. The molecule has 1 amide bonds. The molecule has 0 radical (unpaired) electrons. The SMILES string of the molecule is CN=C(NCCCN1CCN(C(=O)OC(C)(C)C)CC1)NC(C)C(C)C.I. The van der Waals surface area contributed by atoms with Crippen LogP contribution >= 0.6 is 24.0 Å². The summed E-state index contributed by atoms with van der Waals surface area (Å²) >= 11 is 0. The third-order valence-electron chi connectivity index (χ3n) is 4.56. The Morgan fingerprint density at radius 1 is 1.15 bits per heavy atom. The standard InChI is InChI=1S/C19H39N5O2.HI/c1-15(2)16(3)22-17(20-7)21-9-8-10-23-11-13-24(14-12-23)18(25)26-19(4,5)6;/h15-16H,8-14H2,1-7H3,(H2,20,21,22);1H. The van der Waals surface area contributed by atoms with E-state index in [1.165, 1.54) is 0 Å². The molecule has 1 fully saturated rings. The van der Waals surface area contributed by atoms with Crippen molar-refractivity contribution >= 4 is 36.0 Å². The van der Waals surface area contributed by atoms with Gasteiger partial charge in [-0.2, -0.15) is 0 Å². The summed E-state index contributed by atoms with van der Waals surface area (Å²) in [5.74, 6) is 1.43. The van der Waals surface area contributed by atoms with Crippen molar-refractivity contribution in [3.8, 4) is 0 Å². The number of hydrogen-bond donors (Lipinski definition) is 2. The zero-order valence-electron chi connectivity index (χ0n) is 18.2. The number of aliphatic imine (C=N–C) groups is 1. The van der Waals surface area contributed by atoms with E-state index in [0.29, 0.717) is 12.0 Å². The first-order valence-corrected chi connectivity index (χ1v) is 9.80. The van der Waals surface area contributed by atoms with Crippen LogP contribution in [0.3, 0.4) is 0 Å². The zero-order valence-corrected chi connectivity index (χ0v) is 20.5. The van der Waals surface area contributed by atoms with Gasteiger partial charge in [-0.15, -0.1) is 24.0 Å². The number of hydrogen-bond acceptors (Lipinski definition) is 4. The van der Waals surface area contributed by atoms with Gasteiger partial charge >= 0.3 is 6.09 Å². The molecule has 1 rings (SSSR count). The van der Waals surface area contributed by atoms with Gasteiger partial charge in [0, 0.05) is 45.8 Å². The minimum atomic E-state index is -0.431. The lowest BCUT2D eigenvalue weighted by molar-refractivity contribution is 0.0145. The average molecular weight is 497 g/mol. The molecule has 1 aliphatic heterocycles. The van der Waals surface area contributed by atoms with Gasteiger partial charge in [0.1, 0.15) is 5.60 Å². The van der Waals surface area contributed by atoms with Crippen LogP contribution in [-0.4, -0.2) is 79.8 Å². The number of halogens is 1. The molecule has 1 unspecified atom stereocenters. The summed E-state index contributed by atoms with van der Waals surface area (Å²) in [6, 6.07) is 0.391. The lowest BCUT2D eigenvalue weighted by atomic mass is 10.1. The Balaban J connectivity index is 0.00000676. The van der Waals surface area contributed by atoms with E-state index < -0.39 is 5.60 Å². The molecule has 0 bridgehead atoms. The largest absolute Gasteiger partial charge is 0.444 e. The minimum absolute atomic E-state index is 0. The van der Waals surface area contributed by atoms with E-state index in [9.17, 15) is 4.79 Å². The van der Waals surface area contributed by atoms with Gasteiger partial charge in [-0.25, -0.2) is 4.79 Å². The number of carbonyl (C=O) groups excluding carboxylic acids is 1. The van der Waals surface area contributed by atoms with Crippen LogP contribution in [0.15, 0.2) is 4.99 Å². The Hall–Kier alpha value is -0.770. The topological polar surface area (TPSA) is 69.2 Å².